The zero-order valence-electron chi connectivity index (χ0n) is 14.7. The Hall–Kier alpha value is -3.35. The van der Waals surface area contributed by atoms with Gasteiger partial charge in [-0.2, -0.15) is 0 Å². The van der Waals surface area contributed by atoms with Gasteiger partial charge in [-0.05, 0) is 43.2 Å². The van der Waals surface area contributed by atoms with Gasteiger partial charge in [0.25, 0.3) is 5.91 Å². The molecule has 27 heavy (non-hydrogen) atoms. The molecule has 1 fully saturated rings. The van der Waals surface area contributed by atoms with Crippen LogP contribution in [-0.2, 0) is 16.1 Å². The lowest BCUT2D eigenvalue weighted by Crippen LogP contribution is -2.52. The number of imide groups is 1. The standard InChI is InChI=1S/C20H17N3O4/c1-11-8-13(6-7-21-11)18(25)12-2-3-15-14(9-12)10-23(20(15)27)16-4-5-17(24)22-19(16)26/h2-3,6-9,16H,4-5,10H2,1H3,(H,22,24,26). The van der Waals surface area contributed by atoms with E-state index in [1.165, 1.54) is 4.90 Å². The van der Waals surface area contributed by atoms with Crippen LogP contribution in [-0.4, -0.2) is 39.4 Å². The summed E-state index contributed by atoms with van der Waals surface area (Å²) < 4.78 is 0. The minimum atomic E-state index is -0.662. The van der Waals surface area contributed by atoms with Crippen molar-refractivity contribution in [2.45, 2.75) is 32.4 Å². The summed E-state index contributed by atoms with van der Waals surface area (Å²) >= 11 is 0. The maximum absolute atomic E-state index is 12.7. The van der Waals surface area contributed by atoms with Crippen LogP contribution in [0, 0.1) is 6.92 Å². The van der Waals surface area contributed by atoms with Crippen LogP contribution in [0.4, 0.5) is 0 Å². The van der Waals surface area contributed by atoms with Gasteiger partial charge in [0.15, 0.2) is 5.78 Å². The highest BCUT2D eigenvalue weighted by Crippen LogP contribution is 2.28. The molecular formula is C20H17N3O4. The maximum atomic E-state index is 12.7. The minimum Gasteiger partial charge on any atom is -0.322 e. The predicted octanol–water partition coefficient (Wildman–Crippen LogP) is 1.38. The first-order chi connectivity index (χ1) is 12.9. The molecule has 1 aromatic heterocycles. The molecule has 3 heterocycles. The summed E-state index contributed by atoms with van der Waals surface area (Å²) in [5, 5.41) is 2.28. The SMILES string of the molecule is Cc1cc(C(=O)c2ccc3c(c2)CN(C2CCC(=O)NC2=O)C3=O)ccn1. The van der Waals surface area contributed by atoms with Gasteiger partial charge in [0.2, 0.25) is 11.8 Å². The Morgan fingerprint density at radius 1 is 1.15 bits per heavy atom. The van der Waals surface area contributed by atoms with Crippen molar-refractivity contribution in [1.29, 1.82) is 0 Å². The molecule has 2 aromatic rings. The van der Waals surface area contributed by atoms with E-state index in [2.05, 4.69) is 10.3 Å². The fraction of sp³-hybridized carbons (Fsp3) is 0.250. The monoisotopic (exact) mass is 363 g/mol. The van der Waals surface area contributed by atoms with Gasteiger partial charge in [0.1, 0.15) is 6.04 Å². The van der Waals surface area contributed by atoms with E-state index in [1.807, 2.05) is 6.92 Å². The van der Waals surface area contributed by atoms with Crippen molar-refractivity contribution in [2.24, 2.45) is 0 Å². The number of pyridine rings is 1. The Bertz CT molecular complexity index is 998. The van der Waals surface area contributed by atoms with Gasteiger partial charge >= 0.3 is 0 Å². The van der Waals surface area contributed by atoms with E-state index in [9.17, 15) is 19.2 Å². The average Bonchev–Trinajstić information content (AvgIpc) is 2.97. The largest absolute Gasteiger partial charge is 0.322 e. The normalized spacial score (nSPS) is 19.1. The van der Waals surface area contributed by atoms with E-state index in [0.717, 1.165) is 5.69 Å². The highest BCUT2D eigenvalue weighted by molar-refractivity contribution is 6.10. The summed E-state index contributed by atoms with van der Waals surface area (Å²) in [5.74, 6) is -1.16. The smallest absolute Gasteiger partial charge is 0.255 e. The number of fused-ring (bicyclic) bond motifs is 1. The van der Waals surface area contributed by atoms with Crippen molar-refractivity contribution >= 4 is 23.5 Å². The molecule has 2 aliphatic rings. The first kappa shape index (κ1) is 17.1. The molecule has 1 atom stereocenters. The first-order valence-electron chi connectivity index (χ1n) is 8.69. The Morgan fingerprint density at radius 2 is 1.93 bits per heavy atom. The average molecular weight is 363 g/mol. The van der Waals surface area contributed by atoms with Crippen LogP contribution in [0.2, 0.25) is 0 Å². The van der Waals surface area contributed by atoms with Crippen LogP contribution in [0.15, 0.2) is 36.5 Å². The number of carbonyl (C=O) groups excluding carboxylic acids is 4. The molecule has 136 valence electrons. The van der Waals surface area contributed by atoms with Crippen LogP contribution in [0.3, 0.4) is 0 Å². The molecule has 4 rings (SSSR count). The number of nitrogens with one attached hydrogen (secondary N) is 1. The zero-order chi connectivity index (χ0) is 19.1. The van der Waals surface area contributed by atoms with Crippen LogP contribution < -0.4 is 5.32 Å². The Kier molecular flexibility index (Phi) is 4.07. The van der Waals surface area contributed by atoms with Crippen LogP contribution in [0.25, 0.3) is 0 Å². The van der Waals surface area contributed by atoms with Gasteiger partial charge in [-0.1, -0.05) is 6.07 Å². The van der Waals surface area contributed by atoms with Crippen molar-refractivity contribution < 1.29 is 19.2 Å². The molecule has 0 bridgehead atoms. The van der Waals surface area contributed by atoms with Crippen LogP contribution >= 0.6 is 0 Å². The van der Waals surface area contributed by atoms with Crippen molar-refractivity contribution in [1.82, 2.24) is 15.2 Å². The Balaban J connectivity index is 1.60. The molecule has 2 aliphatic heterocycles. The number of nitrogens with zero attached hydrogens (tertiary/aromatic N) is 2. The zero-order valence-corrected chi connectivity index (χ0v) is 14.7. The van der Waals surface area contributed by atoms with Crippen LogP contribution in [0.1, 0.15) is 50.4 Å². The molecule has 0 spiro atoms. The fourth-order valence-electron chi connectivity index (χ4n) is 3.57. The number of piperidine rings is 1. The summed E-state index contributed by atoms with van der Waals surface area (Å²) in [6.45, 7) is 2.06. The second kappa shape index (κ2) is 6.42. The summed E-state index contributed by atoms with van der Waals surface area (Å²) in [7, 11) is 0. The lowest BCUT2D eigenvalue weighted by molar-refractivity contribution is -0.136. The van der Waals surface area contributed by atoms with Crippen molar-refractivity contribution in [2.75, 3.05) is 0 Å². The maximum Gasteiger partial charge on any atom is 0.255 e. The van der Waals surface area contributed by atoms with Gasteiger partial charge in [0.05, 0.1) is 0 Å². The summed E-state index contributed by atoms with van der Waals surface area (Å²) in [6.07, 6.45) is 2.11. The lowest BCUT2D eigenvalue weighted by atomic mass is 9.99. The molecule has 0 radical (unpaired) electrons. The topological polar surface area (TPSA) is 96.4 Å². The number of hydrogen-bond donors (Lipinski definition) is 1. The van der Waals surface area contributed by atoms with Gasteiger partial charge < -0.3 is 4.90 Å². The van der Waals surface area contributed by atoms with E-state index in [0.29, 0.717) is 28.7 Å². The van der Waals surface area contributed by atoms with Crippen LogP contribution in [0.5, 0.6) is 0 Å². The highest BCUT2D eigenvalue weighted by Gasteiger charge is 2.39. The number of aromatic nitrogens is 1. The van der Waals surface area contributed by atoms with Crippen molar-refractivity contribution in [3.05, 3.63) is 64.5 Å². The van der Waals surface area contributed by atoms with Gasteiger partial charge in [-0.15, -0.1) is 0 Å². The highest BCUT2D eigenvalue weighted by atomic mass is 16.2. The quantitative estimate of drug-likeness (QED) is 0.656. The van der Waals surface area contributed by atoms with E-state index in [4.69, 9.17) is 0 Å². The Morgan fingerprint density at radius 3 is 2.67 bits per heavy atom. The third-order valence-electron chi connectivity index (χ3n) is 4.94. The number of benzene rings is 1. The fourth-order valence-corrected chi connectivity index (χ4v) is 3.57. The van der Waals surface area contributed by atoms with Crippen molar-refractivity contribution in [3.8, 4) is 0 Å². The number of ketones is 1. The summed E-state index contributed by atoms with van der Waals surface area (Å²) in [6, 6.07) is 7.68. The van der Waals surface area contributed by atoms with Crippen molar-refractivity contribution in [3.63, 3.8) is 0 Å². The number of rotatable bonds is 3. The number of amides is 3. The summed E-state index contributed by atoms with van der Waals surface area (Å²) in [5.41, 5.74) is 2.97. The van der Waals surface area contributed by atoms with Gasteiger partial charge in [0, 0.05) is 41.5 Å². The van der Waals surface area contributed by atoms with E-state index < -0.39 is 11.9 Å². The molecule has 1 N–H and O–H groups in total. The molecule has 7 heteroatoms. The molecule has 1 unspecified atom stereocenters. The number of carbonyl (C=O) groups is 4. The Labute approximate surface area is 155 Å². The van der Waals surface area contributed by atoms with E-state index in [1.54, 1.807) is 36.5 Å². The van der Waals surface area contributed by atoms with E-state index in [-0.39, 0.29) is 30.6 Å². The van der Waals surface area contributed by atoms with Gasteiger partial charge in [-0.3, -0.25) is 29.5 Å². The minimum absolute atomic E-state index is 0.143. The third-order valence-corrected chi connectivity index (χ3v) is 4.94. The molecule has 0 saturated carbocycles. The number of aryl methyl sites for hydroxylation is 1. The summed E-state index contributed by atoms with van der Waals surface area (Å²) in [4.78, 5) is 54.4. The molecule has 1 saturated heterocycles. The van der Waals surface area contributed by atoms with E-state index >= 15 is 0 Å². The third kappa shape index (κ3) is 3.01. The molecular weight excluding hydrogens is 346 g/mol. The molecule has 1 aromatic carbocycles. The lowest BCUT2D eigenvalue weighted by Gasteiger charge is -2.29. The second-order valence-corrected chi connectivity index (χ2v) is 6.79. The van der Waals surface area contributed by atoms with Gasteiger partial charge in [-0.25, -0.2) is 0 Å². The second-order valence-electron chi connectivity index (χ2n) is 6.79. The molecule has 3 amide bonds. The number of hydrogen-bond acceptors (Lipinski definition) is 5. The molecule has 0 aliphatic carbocycles. The first-order valence-corrected chi connectivity index (χ1v) is 8.69. The predicted molar refractivity (Wildman–Crippen MR) is 94.9 cm³/mol. The molecule has 7 nitrogen and oxygen atoms in total.